The van der Waals surface area contributed by atoms with Gasteiger partial charge in [0.15, 0.2) is 11.5 Å². The number of aromatic nitrogens is 7. The first-order valence-electron chi connectivity index (χ1n) is 9.50. The highest BCUT2D eigenvalue weighted by Gasteiger charge is 2.19. The van der Waals surface area contributed by atoms with Gasteiger partial charge in [-0.05, 0) is 23.8 Å². The van der Waals surface area contributed by atoms with Crippen molar-refractivity contribution in [3.8, 4) is 5.95 Å². The van der Waals surface area contributed by atoms with Crippen LogP contribution in [0.3, 0.4) is 0 Å². The smallest absolute Gasteiger partial charge is 0.327 e. The lowest BCUT2D eigenvalue weighted by molar-refractivity contribution is 0.276. The number of aromatic amines is 1. The van der Waals surface area contributed by atoms with E-state index < -0.39 is 5.69 Å². The molecule has 5 aromatic rings. The SMILES string of the molecule is Nc1nc(-n2nc(Cc3ccccc3F)c3ncccc32)nc2[nH]c(=O)n(CCO)c12. The molecule has 0 radical (unpaired) electrons. The van der Waals surface area contributed by atoms with Crippen LogP contribution in [0.25, 0.3) is 28.1 Å². The Morgan fingerprint density at radius 1 is 1.16 bits per heavy atom. The fourth-order valence-electron chi connectivity index (χ4n) is 3.60. The van der Waals surface area contributed by atoms with Gasteiger partial charge in [-0.2, -0.15) is 19.7 Å². The molecule has 0 saturated carbocycles. The van der Waals surface area contributed by atoms with Gasteiger partial charge in [0, 0.05) is 12.6 Å². The van der Waals surface area contributed by atoms with Crippen LogP contribution in [0.4, 0.5) is 10.2 Å². The van der Waals surface area contributed by atoms with Crippen LogP contribution in [-0.2, 0) is 13.0 Å². The van der Waals surface area contributed by atoms with E-state index in [2.05, 4.69) is 25.0 Å². The van der Waals surface area contributed by atoms with E-state index in [9.17, 15) is 14.3 Å². The molecule has 156 valence electrons. The number of fused-ring (bicyclic) bond motifs is 2. The first-order chi connectivity index (χ1) is 15.1. The Bertz CT molecular complexity index is 1490. The van der Waals surface area contributed by atoms with E-state index in [0.717, 1.165) is 0 Å². The minimum absolute atomic E-state index is 0.0626. The normalized spacial score (nSPS) is 11.5. The molecule has 10 nitrogen and oxygen atoms in total. The molecule has 4 N–H and O–H groups in total. The molecule has 0 fully saturated rings. The lowest BCUT2D eigenvalue weighted by Gasteiger charge is -2.05. The van der Waals surface area contributed by atoms with Crippen LogP contribution in [0.15, 0.2) is 47.4 Å². The van der Waals surface area contributed by atoms with Crippen LogP contribution in [0.2, 0.25) is 0 Å². The first-order valence-corrected chi connectivity index (χ1v) is 9.50. The van der Waals surface area contributed by atoms with E-state index in [4.69, 9.17) is 5.73 Å². The maximum absolute atomic E-state index is 14.2. The number of nitrogens with one attached hydrogen (secondary N) is 1. The van der Waals surface area contributed by atoms with Crippen molar-refractivity contribution in [1.82, 2.24) is 34.3 Å². The number of aliphatic hydroxyl groups is 1. The number of pyridine rings is 1. The molecule has 1 aromatic carbocycles. The number of benzene rings is 1. The summed E-state index contributed by atoms with van der Waals surface area (Å²) in [6.07, 6.45) is 1.86. The van der Waals surface area contributed by atoms with E-state index in [1.165, 1.54) is 15.3 Å². The molecular weight excluding hydrogens is 403 g/mol. The van der Waals surface area contributed by atoms with E-state index in [0.29, 0.717) is 27.8 Å². The molecule has 0 unspecified atom stereocenters. The van der Waals surface area contributed by atoms with Gasteiger partial charge in [0.2, 0.25) is 0 Å². The fraction of sp³-hybridized carbons (Fsp3) is 0.150. The summed E-state index contributed by atoms with van der Waals surface area (Å²) in [6, 6.07) is 10.0. The third-order valence-corrected chi connectivity index (χ3v) is 4.98. The molecule has 0 bridgehead atoms. The van der Waals surface area contributed by atoms with Crippen molar-refractivity contribution in [1.29, 1.82) is 0 Å². The Hall–Kier alpha value is -4.12. The molecule has 0 aliphatic heterocycles. The second-order valence-corrected chi connectivity index (χ2v) is 6.91. The molecule has 0 saturated heterocycles. The third kappa shape index (κ3) is 3.11. The van der Waals surface area contributed by atoms with Crippen molar-refractivity contribution in [2.75, 3.05) is 12.3 Å². The quantitative estimate of drug-likeness (QED) is 0.387. The number of nitrogens with zero attached hydrogens (tertiary/aromatic N) is 6. The van der Waals surface area contributed by atoms with Gasteiger partial charge < -0.3 is 10.8 Å². The van der Waals surface area contributed by atoms with Crippen LogP contribution < -0.4 is 11.4 Å². The number of anilines is 1. The second kappa shape index (κ2) is 7.29. The summed E-state index contributed by atoms with van der Waals surface area (Å²) in [7, 11) is 0. The monoisotopic (exact) mass is 420 g/mol. The predicted molar refractivity (Wildman–Crippen MR) is 111 cm³/mol. The topological polar surface area (TPSA) is 141 Å². The summed E-state index contributed by atoms with van der Waals surface area (Å²) < 4.78 is 16.9. The first kappa shape index (κ1) is 18.9. The number of nitrogens with two attached hydrogens (primary N) is 1. The summed E-state index contributed by atoms with van der Waals surface area (Å²) in [5.74, 6) is -0.124. The molecule has 4 aromatic heterocycles. The molecule has 0 spiro atoms. The number of rotatable bonds is 5. The number of imidazole rings is 1. The number of H-pyrrole nitrogens is 1. The Balaban J connectivity index is 1.68. The van der Waals surface area contributed by atoms with Crippen molar-refractivity contribution < 1.29 is 9.50 Å². The van der Waals surface area contributed by atoms with Crippen LogP contribution in [-0.4, -0.2) is 46.0 Å². The van der Waals surface area contributed by atoms with Crippen molar-refractivity contribution in [2.45, 2.75) is 13.0 Å². The van der Waals surface area contributed by atoms with Crippen molar-refractivity contribution in [2.24, 2.45) is 0 Å². The van der Waals surface area contributed by atoms with E-state index in [-0.39, 0.29) is 42.8 Å². The number of halogens is 1. The molecule has 0 amide bonds. The molecule has 0 aliphatic carbocycles. The molecule has 5 rings (SSSR count). The average Bonchev–Trinajstić information content (AvgIpc) is 3.28. The van der Waals surface area contributed by atoms with Crippen molar-refractivity contribution in [3.05, 3.63) is 70.2 Å². The number of hydrogen-bond acceptors (Lipinski definition) is 7. The fourth-order valence-corrected chi connectivity index (χ4v) is 3.60. The maximum Gasteiger partial charge on any atom is 0.327 e. The number of aliphatic hydroxyl groups excluding tert-OH is 1. The van der Waals surface area contributed by atoms with Gasteiger partial charge in [0.05, 0.1) is 24.4 Å². The average molecular weight is 420 g/mol. The highest BCUT2D eigenvalue weighted by Crippen LogP contribution is 2.24. The minimum Gasteiger partial charge on any atom is -0.395 e. The van der Waals surface area contributed by atoms with Gasteiger partial charge >= 0.3 is 5.69 Å². The lowest BCUT2D eigenvalue weighted by Crippen LogP contribution is -2.19. The summed E-state index contributed by atoms with van der Waals surface area (Å²) in [5.41, 5.74) is 8.44. The minimum atomic E-state index is -0.450. The molecule has 0 aliphatic rings. The largest absolute Gasteiger partial charge is 0.395 e. The summed E-state index contributed by atoms with van der Waals surface area (Å²) in [6.45, 7) is -0.171. The number of nitrogen functional groups attached to an aromatic ring is 1. The zero-order valence-corrected chi connectivity index (χ0v) is 16.2. The van der Waals surface area contributed by atoms with Crippen LogP contribution in [0.1, 0.15) is 11.3 Å². The lowest BCUT2D eigenvalue weighted by atomic mass is 10.1. The van der Waals surface area contributed by atoms with Gasteiger partial charge in [0.25, 0.3) is 5.95 Å². The van der Waals surface area contributed by atoms with Gasteiger partial charge in [-0.1, -0.05) is 18.2 Å². The zero-order chi connectivity index (χ0) is 21.5. The Kier molecular flexibility index (Phi) is 4.44. The molecule has 31 heavy (non-hydrogen) atoms. The Morgan fingerprint density at radius 3 is 2.81 bits per heavy atom. The van der Waals surface area contributed by atoms with E-state index >= 15 is 0 Å². The highest BCUT2D eigenvalue weighted by atomic mass is 19.1. The van der Waals surface area contributed by atoms with Crippen molar-refractivity contribution >= 4 is 28.0 Å². The highest BCUT2D eigenvalue weighted by molar-refractivity contribution is 5.84. The molecule has 4 heterocycles. The third-order valence-electron chi connectivity index (χ3n) is 4.98. The molecule has 0 atom stereocenters. The summed E-state index contributed by atoms with van der Waals surface area (Å²) >= 11 is 0. The van der Waals surface area contributed by atoms with E-state index in [1.807, 2.05) is 0 Å². The Labute approximate surface area is 173 Å². The van der Waals surface area contributed by atoms with E-state index in [1.54, 1.807) is 36.5 Å². The van der Waals surface area contributed by atoms with Crippen LogP contribution in [0.5, 0.6) is 0 Å². The van der Waals surface area contributed by atoms with Gasteiger partial charge in [0.1, 0.15) is 16.9 Å². The number of hydrogen-bond donors (Lipinski definition) is 3. The van der Waals surface area contributed by atoms with Crippen LogP contribution in [0, 0.1) is 5.82 Å². The zero-order valence-electron chi connectivity index (χ0n) is 16.2. The summed E-state index contributed by atoms with van der Waals surface area (Å²) in [4.78, 5) is 27.9. The Morgan fingerprint density at radius 2 is 2.00 bits per heavy atom. The van der Waals surface area contributed by atoms with Gasteiger partial charge in [-0.15, -0.1) is 0 Å². The van der Waals surface area contributed by atoms with Crippen molar-refractivity contribution in [3.63, 3.8) is 0 Å². The van der Waals surface area contributed by atoms with Gasteiger partial charge in [-0.3, -0.25) is 14.5 Å². The predicted octanol–water partition coefficient (Wildman–Crippen LogP) is 1.16. The van der Waals surface area contributed by atoms with Crippen LogP contribution >= 0.6 is 0 Å². The second-order valence-electron chi connectivity index (χ2n) is 6.91. The van der Waals surface area contributed by atoms with Gasteiger partial charge in [-0.25, -0.2) is 9.18 Å². The maximum atomic E-state index is 14.2. The summed E-state index contributed by atoms with van der Waals surface area (Å²) in [5, 5.41) is 13.8. The molecule has 11 heteroatoms. The molecular formula is C20H17FN8O2. The standard InChI is InChI=1S/C20H17FN8O2/c21-12-5-2-1-4-11(12)10-13-15-14(6-3-7-23-15)29(27-13)19-24-17(22)16-18(25-19)26-20(31)28(16)8-9-30/h1-7,30H,8-10H2,(H3,22,24,25,26,31).